The van der Waals surface area contributed by atoms with Crippen molar-refractivity contribution >= 4 is 23.4 Å². The number of hydrazine groups is 1. The van der Waals surface area contributed by atoms with Crippen LogP contribution in [0.5, 0.6) is 0 Å². The number of benzene rings is 1. The summed E-state index contributed by atoms with van der Waals surface area (Å²) in [5.41, 5.74) is 4.14. The van der Waals surface area contributed by atoms with Crippen LogP contribution in [0.15, 0.2) is 53.1 Å². The monoisotopic (exact) mass is 451 g/mol. The van der Waals surface area contributed by atoms with Crippen LogP contribution in [0.1, 0.15) is 17.5 Å². The Morgan fingerprint density at radius 3 is 2.39 bits per heavy atom. The lowest BCUT2D eigenvalue weighted by Gasteiger charge is -2.42. The van der Waals surface area contributed by atoms with Gasteiger partial charge in [0.25, 0.3) is 5.91 Å². The van der Waals surface area contributed by atoms with Crippen LogP contribution < -0.4 is 10.4 Å². The normalized spacial score (nSPS) is 25.9. The molecule has 3 unspecified atom stereocenters. The minimum atomic E-state index is -0.325. The Labute approximate surface area is 192 Å². The topological polar surface area (TPSA) is 89.3 Å². The third-order valence-electron chi connectivity index (χ3n) is 6.98. The number of nitrogens with zero attached hydrogens (tertiary/aromatic N) is 4. The van der Waals surface area contributed by atoms with Gasteiger partial charge in [0, 0.05) is 39.3 Å². The second-order valence-corrected chi connectivity index (χ2v) is 8.82. The number of piperazine rings is 1. The van der Waals surface area contributed by atoms with Crippen LogP contribution in [-0.2, 0) is 9.59 Å². The second-order valence-electron chi connectivity index (χ2n) is 8.82. The maximum absolute atomic E-state index is 13.6. The van der Waals surface area contributed by atoms with E-state index in [1.807, 2.05) is 35.2 Å². The highest BCUT2D eigenvalue weighted by molar-refractivity contribution is 5.98. The van der Waals surface area contributed by atoms with Gasteiger partial charge in [-0.1, -0.05) is 25.1 Å². The lowest BCUT2D eigenvalue weighted by atomic mass is 9.83. The minimum absolute atomic E-state index is 0.0102. The molecule has 1 N–H and O–H groups in total. The van der Waals surface area contributed by atoms with E-state index in [4.69, 9.17) is 4.42 Å². The zero-order chi connectivity index (χ0) is 22.9. The summed E-state index contributed by atoms with van der Waals surface area (Å²) in [6.45, 7) is 5.98. The first-order chi connectivity index (χ1) is 16.1. The summed E-state index contributed by atoms with van der Waals surface area (Å²) in [6.07, 6.45) is 1.49. The van der Waals surface area contributed by atoms with E-state index in [-0.39, 0.29) is 35.6 Å². The number of hydrogen-bond donors (Lipinski definition) is 1. The van der Waals surface area contributed by atoms with Gasteiger partial charge in [0.2, 0.25) is 11.8 Å². The summed E-state index contributed by atoms with van der Waals surface area (Å²) in [7, 11) is 0. The van der Waals surface area contributed by atoms with E-state index >= 15 is 0 Å². The molecule has 3 atom stereocenters. The number of piperidine rings is 1. The van der Waals surface area contributed by atoms with E-state index in [0.29, 0.717) is 45.0 Å². The molecule has 0 aliphatic carbocycles. The standard InChI is InChI=1S/C24H29N5O4/c1-2-26-15-18(21-19(16-26)23(31)29(25-21)17-7-4-3-5-8-17)22(30)27-10-12-28(13-11-27)24(32)20-9-6-14-33-20/h3-9,14,18-19,21,25H,2,10-13,15-16H2,1H3. The van der Waals surface area contributed by atoms with Crippen LogP contribution in [0, 0.1) is 11.8 Å². The molecule has 3 amide bonds. The molecule has 1 aromatic carbocycles. The van der Waals surface area contributed by atoms with Gasteiger partial charge in [0.1, 0.15) is 0 Å². The Balaban J connectivity index is 1.29. The molecule has 3 fully saturated rings. The lowest BCUT2D eigenvalue weighted by molar-refractivity contribution is -0.141. The zero-order valence-corrected chi connectivity index (χ0v) is 18.7. The van der Waals surface area contributed by atoms with Crippen LogP contribution in [0.4, 0.5) is 5.69 Å². The van der Waals surface area contributed by atoms with Gasteiger partial charge in [-0.05, 0) is 30.8 Å². The molecule has 1 aromatic heterocycles. The van der Waals surface area contributed by atoms with E-state index in [9.17, 15) is 14.4 Å². The summed E-state index contributed by atoms with van der Waals surface area (Å²) >= 11 is 0. The third kappa shape index (κ3) is 4.02. The number of likely N-dealkylation sites (tertiary alicyclic amines) is 1. The fourth-order valence-electron chi connectivity index (χ4n) is 5.12. The Bertz CT molecular complexity index is 1000. The fraction of sp³-hybridized carbons (Fsp3) is 0.458. The second kappa shape index (κ2) is 8.99. The number of anilines is 1. The van der Waals surface area contributed by atoms with Crippen LogP contribution >= 0.6 is 0 Å². The zero-order valence-electron chi connectivity index (χ0n) is 18.7. The number of fused-ring (bicyclic) bond motifs is 1. The van der Waals surface area contributed by atoms with E-state index in [1.54, 1.807) is 22.0 Å². The van der Waals surface area contributed by atoms with Gasteiger partial charge < -0.3 is 19.1 Å². The molecule has 3 saturated heterocycles. The molecule has 2 aromatic rings. The molecule has 0 bridgehead atoms. The van der Waals surface area contributed by atoms with Crippen molar-refractivity contribution in [1.29, 1.82) is 0 Å². The average molecular weight is 452 g/mol. The van der Waals surface area contributed by atoms with Crippen LogP contribution in [0.25, 0.3) is 0 Å². The highest BCUT2D eigenvalue weighted by atomic mass is 16.3. The number of carbonyl (C=O) groups excluding carboxylic acids is 3. The maximum atomic E-state index is 13.6. The van der Waals surface area contributed by atoms with Crippen molar-refractivity contribution in [3.63, 3.8) is 0 Å². The highest BCUT2D eigenvalue weighted by Crippen LogP contribution is 2.32. The Hall–Kier alpha value is -3.17. The van der Waals surface area contributed by atoms with Gasteiger partial charge in [-0.3, -0.25) is 14.4 Å². The lowest BCUT2D eigenvalue weighted by Crippen LogP contribution is -2.60. The molecule has 5 rings (SSSR count). The quantitative estimate of drug-likeness (QED) is 0.748. The number of nitrogens with one attached hydrogen (secondary N) is 1. The Kier molecular flexibility index (Phi) is 5.90. The summed E-state index contributed by atoms with van der Waals surface area (Å²) < 4.78 is 5.22. The van der Waals surface area contributed by atoms with Crippen molar-refractivity contribution in [1.82, 2.24) is 20.1 Å². The number of para-hydroxylation sites is 1. The van der Waals surface area contributed by atoms with Gasteiger partial charge in [-0.15, -0.1) is 0 Å². The first kappa shape index (κ1) is 21.7. The van der Waals surface area contributed by atoms with Gasteiger partial charge in [-0.2, -0.15) is 0 Å². The smallest absolute Gasteiger partial charge is 0.289 e. The third-order valence-corrected chi connectivity index (χ3v) is 6.98. The SMILES string of the molecule is CCN1CC(C(=O)N2CCN(C(=O)c3ccco3)CC2)C2NN(c3ccccc3)C(=O)C2C1. The fourth-order valence-corrected chi connectivity index (χ4v) is 5.12. The van der Waals surface area contributed by atoms with Gasteiger partial charge in [-0.25, -0.2) is 10.4 Å². The predicted octanol–water partition coefficient (Wildman–Crippen LogP) is 1.05. The molecule has 9 heteroatoms. The molecule has 0 radical (unpaired) electrons. The minimum Gasteiger partial charge on any atom is -0.459 e. The van der Waals surface area contributed by atoms with Crippen molar-refractivity contribution in [3.8, 4) is 0 Å². The van der Waals surface area contributed by atoms with E-state index in [0.717, 1.165) is 12.2 Å². The van der Waals surface area contributed by atoms with E-state index < -0.39 is 0 Å². The molecule has 0 saturated carbocycles. The van der Waals surface area contributed by atoms with Crippen LogP contribution in [-0.4, -0.2) is 84.3 Å². The van der Waals surface area contributed by atoms with Crippen molar-refractivity contribution in [2.75, 3.05) is 50.8 Å². The molecule has 4 heterocycles. The first-order valence-electron chi connectivity index (χ1n) is 11.6. The molecule has 0 spiro atoms. The number of furan rings is 1. The number of rotatable bonds is 4. The largest absolute Gasteiger partial charge is 0.459 e. The van der Waals surface area contributed by atoms with Crippen molar-refractivity contribution in [2.45, 2.75) is 13.0 Å². The molecule has 3 aliphatic rings. The molecule has 3 aliphatic heterocycles. The van der Waals surface area contributed by atoms with E-state index in [2.05, 4.69) is 17.2 Å². The van der Waals surface area contributed by atoms with Crippen LogP contribution in [0.3, 0.4) is 0 Å². The van der Waals surface area contributed by atoms with Crippen molar-refractivity contribution in [3.05, 3.63) is 54.5 Å². The van der Waals surface area contributed by atoms with Crippen molar-refractivity contribution in [2.24, 2.45) is 11.8 Å². The molecule has 33 heavy (non-hydrogen) atoms. The predicted molar refractivity (Wildman–Crippen MR) is 121 cm³/mol. The molecular weight excluding hydrogens is 422 g/mol. The van der Waals surface area contributed by atoms with E-state index in [1.165, 1.54) is 6.26 Å². The van der Waals surface area contributed by atoms with Gasteiger partial charge in [0.15, 0.2) is 5.76 Å². The maximum Gasteiger partial charge on any atom is 0.289 e. The van der Waals surface area contributed by atoms with Gasteiger partial charge in [0.05, 0.1) is 29.8 Å². The Morgan fingerprint density at radius 1 is 1.00 bits per heavy atom. The summed E-state index contributed by atoms with van der Waals surface area (Å²) in [6, 6.07) is 12.6. The number of amides is 3. The summed E-state index contributed by atoms with van der Waals surface area (Å²) in [5, 5.41) is 1.61. The summed E-state index contributed by atoms with van der Waals surface area (Å²) in [4.78, 5) is 45.1. The molecule has 174 valence electrons. The molecular formula is C24H29N5O4. The first-order valence-corrected chi connectivity index (χ1v) is 11.6. The number of hydrogen-bond acceptors (Lipinski definition) is 6. The Morgan fingerprint density at radius 2 is 1.73 bits per heavy atom. The number of carbonyl (C=O) groups is 3. The van der Waals surface area contributed by atoms with Gasteiger partial charge >= 0.3 is 0 Å². The van der Waals surface area contributed by atoms with Crippen molar-refractivity contribution < 1.29 is 18.8 Å². The van der Waals surface area contributed by atoms with Crippen LogP contribution in [0.2, 0.25) is 0 Å². The highest BCUT2D eigenvalue weighted by Gasteiger charge is 2.51. The average Bonchev–Trinajstić information content (AvgIpc) is 3.52. The molecule has 9 nitrogen and oxygen atoms in total. The summed E-state index contributed by atoms with van der Waals surface area (Å²) in [5.74, 6) is -0.371.